The van der Waals surface area contributed by atoms with E-state index in [1.165, 1.54) is 0 Å². The Bertz CT molecular complexity index is 2780. The largest absolute Gasteiger partial charge is 0.456 e. The summed E-state index contributed by atoms with van der Waals surface area (Å²) in [5.41, 5.74) is 7.18. The fraction of sp³-hybridized carbons (Fsp3) is 0. The first-order valence-electron chi connectivity index (χ1n) is 15.8. The van der Waals surface area contributed by atoms with Gasteiger partial charge in [0.25, 0.3) is 0 Å². The molecule has 10 rings (SSSR count). The van der Waals surface area contributed by atoms with Crippen LogP contribution in [0.1, 0.15) is 0 Å². The van der Waals surface area contributed by atoms with Crippen LogP contribution in [0.15, 0.2) is 154 Å². The molecule has 0 radical (unpaired) electrons. The summed E-state index contributed by atoms with van der Waals surface area (Å²) in [6.07, 6.45) is 0. The van der Waals surface area contributed by atoms with Crippen LogP contribution in [0, 0.1) is 0 Å². The van der Waals surface area contributed by atoms with E-state index in [2.05, 4.69) is 42.5 Å². The summed E-state index contributed by atoms with van der Waals surface area (Å²) in [5.74, 6) is 1.72. The van der Waals surface area contributed by atoms with Crippen LogP contribution in [-0.4, -0.2) is 19.9 Å². The Kier molecular flexibility index (Phi) is 5.77. The number of fused-ring (bicyclic) bond motifs is 7. The van der Waals surface area contributed by atoms with Gasteiger partial charge in [-0.3, -0.25) is 0 Å². The average Bonchev–Trinajstić information content (AvgIpc) is 3.72. The standard InChI is InChI=1S/C42H24N4O2/c1-3-12-25(13-4-1)39-44-40(26-14-5-2-6-15-26)46-41(45-39)32-24-33(29-19-11-21-35-37(29)30-18-9-10-20-34(30)47-35)43-42-38(32)31-22-27-16-7-8-17-28(27)23-36(31)48-42/h1-24H. The lowest BCUT2D eigenvalue weighted by atomic mass is 9.99. The van der Waals surface area contributed by atoms with Crippen LogP contribution in [0.25, 0.3) is 100 Å². The molecule has 0 spiro atoms. The second-order valence-electron chi connectivity index (χ2n) is 11.8. The summed E-state index contributed by atoms with van der Waals surface area (Å²) >= 11 is 0. The molecular weight excluding hydrogens is 592 g/mol. The Morgan fingerprint density at radius 2 is 1.00 bits per heavy atom. The normalized spacial score (nSPS) is 11.8. The van der Waals surface area contributed by atoms with E-state index in [-0.39, 0.29) is 0 Å². The van der Waals surface area contributed by atoms with Crippen LogP contribution < -0.4 is 0 Å². The molecule has 6 nitrogen and oxygen atoms in total. The average molecular weight is 617 g/mol. The van der Waals surface area contributed by atoms with Gasteiger partial charge < -0.3 is 8.83 Å². The van der Waals surface area contributed by atoms with Crippen LogP contribution >= 0.6 is 0 Å². The molecule has 0 bridgehead atoms. The molecule has 0 amide bonds. The number of benzene rings is 6. The van der Waals surface area contributed by atoms with Gasteiger partial charge in [-0.05, 0) is 41.1 Å². The molecule has 0 aliphatic heterocycles. The molecule has 6 heteroatoms. The molecule has 4 aromatic heterocycles. The van der Waals surface area contributed by atoms with Crippen LogP contribution in [-0.2, 0) is 0 Å². The van der Waals surface area contributed by atoms with Gasteiger partial charge in [-0.2, -0.15) is 0 Å². The minimum absolute atomic E-state index is 0.514. The maximum atomic E-state index is 6.59. The van der Waals surface area contributed by atoms with E-state index < -0.39 is 0 Å². The molecule has 4 heterocycles. The summed E-state index contributed by atoms with van der Waals surface area (Å²) in [6, 6.07) is 48.8. The van der Waals surface area contributed by atoms with Gasteiger partial charge in [0.15, 0.2) is 17.5 Å². The lowest BCUT2D eigenvalue weighted by Gasteiger charge is -2.11. The van der Waals surface area contributed by atoms with E-state index in [0.29, 0.717) is 23.2 Å². The topological polar surface area (TPSA) is 77.8 Å². The number of furan rings is 2. The van der Waals surface area contributed by atoms with Gasteiger partial charge in [-0.15, -0.1) is 0 Å². The van der Waals surface area contributed by atoms with Gasteiger partial charge in [-0.1, -0.05) is 115 Å². The highest BCUT2D eigenvalue weighted by atomic mass is 16.3. The lowest BCUT2D eigenvalue weighted by molar-refractivity contribution is 0.655. The molecule has 0 saturated heterocycles. The number of aromatic nitrogens is 4. The van der Waals surface area contributed by atoms with Crippen molar-refractivity contribution in [1.82, 2.24) is 19.9 Å². The van der Waals surface area contributed by atoms with Crippen LogP contribution in [0.2, 0.25) is 0 Å². The maximum Gasteiger partial charge on any atom is 0.228 e. The SMILES string of the molecule is c1ccc(-c2nc(-c3ccccc3)nc(-c3cc(-c4cccc5oc6ccccc6c45)nc4oc5cc6ccccc6cc5c34)n2)cc1. The number of rotatable bonds is 4. The molecule has 0 aliphatic rings. The van der Waals surface area contributed by atoms with Crippen LogP contribution in [0.4, 0.5) is 0 Å². The monoisotopic (exact) mass is 616 g/mol. The fourth-order valence-electron chi connectivity index (χ4n) is 6.69. The summed E-state index contributed by atoms with van der Waals surface area (Å²) in [5, 5.41) is 6.04. The number of hydrogen-bond donors (Lipinski definition) is 0. The van der Waals surface area contributed by atoms with E-state index in [4.69, 9.17) is 28.8 Å². The van der Waals surface area contributed by atoms with E-state index in [9.17, 15) is 0 Å². The number of hydrogen-bond acceptors (Lipinski definition) is 6. The van der Waals surface area contributed by atoms with Crippen molar-refractivity contribution in [3.8, 4) is 45.4 Å². The molecule has 0 aliphatic carbocycles. The Balaban J connectivity index is 1.32. The second kappa shape index (κ2) is 10.4. The summed E-state index contributed by atoms with van der Waals surface area (Å²) in [6.45, 7) is 0. The molecule has 0 N–H and O–H groups in total. The van der Waals surface area contributed by atoms with Crippen molar-refractivity contribution >= 4 is 54.8 Å². The smallest absolute Gasteiger partial charge is 0.228 e. The van der Waals surface area contributed by atoms with Gasteiger partial charge in [0, 0.05) is 38.4 Å². The van der Waals surface area contributed by atoms with E-state index in [1.54, 1.807) is 0 Å². The number of pyridine rings is 1. The van der Waals surface area contributed by atoms with E-state index in [0.717, 1.165) is 77.0 Å². The predicted octanol–water partition coefficient (Wildman–Crippen LogP) is 10.9. The van der Waals surface area contributed by atoms with Gasteiger partial charge >= 0.3 is 0 Å². The van der Waals surface area contributed by atoms with Crippen molar-refractivity contribution in [2.45, 2.75) is 0 Å². The summed E-state index contributed by atoms with van der Waals surface area (Å²) < 4.78 is 12.8. The first kappa shape index (κ1) is 26.5. The molecule has 10 aromatic rings. The van der Waals surface area contributed by atoms with Gasteiger partial charge in [-0.25, -0.2) is 19.9 Å². The highest BCUT2D eigenvalue weighted by molar-refractivity contribution is 6.16. The highest BCUT2D eigenvalue weighted by Crippen LogP contribution is 2.42. The summed E-state index contributed by atoms with van der Waals surface area (Å²) in [7, 11) is 0. The highest BCUT2D eigenvalue weighted by Gasteiger charge is 2.22. The van der Waals surface area contributed by atoms with Crippen molar-refractivity contribution in [1.29, 1.82) is 0 Å². The fourth-order valence-corrected chi connectivity index (χ4v) is 6.69. The Hall–Kier alpha value is -6.66. The van der Waals surface area contributed by atoms with Crippen molar-refractivity contribution in [2.24, 2.45) is 0 Å². The number of para-hydroxylation sites is 1. The van der Waals surface area contributed by atoms with Gasteiger partial charge in [0.1, 0.15) is 16.7 Å². The maximum absolute atomic E-state index is 6.59. The first-order valence-corrected chi connectivity index (χ1v) is 15.8. The lowest BCUT2D eigenvalue weighted by Crippen LogP contribution is -2.01. The number of nitrogens with zero attached hydrogens (tertiary/aromatic N) is 4. The molecule has 48 heavy (non-hydrogen) atoms. The third-order valence-corrected chi connectivity index (χ3v) is 8.93. The zero-order valence-corrected chi connectivity index (χ0v) is 25.5. The second-order valence-corrected chi connectivity index (χ2v) is 11.8. The Morgan fingerprint density at radius 1 is 0.375 bits per heavy atom. The molecule has 0 fully saturated rings. The molecule has 0 saturated carbocycles. The van der Waals surface area contributed by atoms with E-state index in [1.807, 2.05) is 103 Å². The summed E-state index contributed by atoms with van der Waals surface area (Å²) in [4.78, 5) is 20.4. The van der Waals surface area contributed by atoms with Gasteiger partial charge in [0.2, 0.25) is 5.71 Å². The van der Waals surface area contributed by atoms with Crippen LogP contribution in [0.5, 0.6) is 0 Å². The molecular formula is C42H24N4O2. The third-order valence-electron chi connectivity index (χ3n) is 8.93. The molecule has 224 valence electrons. The van der Waals surface area contributed by atoms with Crippen molar-refractivity contribution in [3.63, 3.8) is 0 Å². The van der Waals surface area contributed by atoms with Crippen LogP contribution in [0.3, 0.4) is 0 Å². The third kappa shape index (κ3) is 4.20. The van der Waals surface area contributed by atoms with Crippen molar-refractivity contribution in [2.75, 3.05) is 0 Å². The quantitative estimate of drug-likeness (QED) is 0.196. The Morgan fingerprint density at radius 3 is 1.75 bits per heavy atom. The molecule has 0 atom stereocenters. The first-order chi connectivity index (χ1) is 23.8. The minimum Gasteiger partial charge on any atom is -0.456 e. The van der Waals surface area contributed by atoms with Gasteiger partial charge in [0.05, 0.1) is 11.1 Å². The minimum atomic E-state index is 0.514. The predicted molar refractivity (Wildman–Crippen MR) is 191 cm³/mol. The zero-order valence-electron chi connectivity index (χ0n) is 25.5. The Labute approximate surface area is 274 Å². The zero-order chi connectivity index (χ0) is 31.6. The van der Waals surface area contributed by atoms with E-state index >= 15 is 0 Å². The van der Waals surface area contributed by atoms with Crippen molar-refractivity contribution < 1.29 is 8.83 Å². The molecule has 0 unspecified atom stereocenters. The molecule has 6 aromatic carbocycles. The van der Waals surface area contributed by atoms with Crippen molar-refractivity contribution in [3.05, 3.63) is 146 Å².